The Labute approximate surface area is 235 Å². The van der Waals surface area contributed by atoms with Gasteiger partial charge < -0.3 is 25.1 Å². The van der Waals surface area contributed by atoms with Crippen molar-refractivity contribution in [3.63, 3.8) is 0 Å². The molecule has 1 aliphatic heterocycles. The van der Waals surface area contributed by atoms with Gasteiger partial charge in [-0.25, -0.2) is 9.64 Å². The molecule has 3 rings (SSSR count). The number of carboxylic acid groups (broad SMARTS) is 2. The fourth-order valence-electron chi connectivity index (χ4n) is 4.39. The van der Waals surface area contributed by atoms with E-state index in [1.54, 1.807) is 18.2 Å². The molecule has 0 aliphatic carbocycles. The van der Waals surface area contributed by atoms with E-state index in [1.165, 1.54) is 9.13 Å². The van der Waals surface area contributed by atoms with Crippen molar-refractivity contribution in [3.05, 3.63) is 55.8 Å². The number of anilines is 2. The van der Waals surface area contributed by atoms with Crippen LogP contribution >= 0.6 is 24.8 Å². The van der Waals surface area contributed by atoms with E-state index < -0.39 is 17.6 Å². The summed E-state index contributed by atoms with van der Waals surface area (Å²) in [5, 5.41) is 28.6. The summed E-state index contributed by atoms with van der Waals surface area (Å²) in [6.07, 6.45) is 1.69. The molecule has 2 aromatic rings. The molecule has 0 radical (unpaired) electrons. The molecule has 13 heteroatoms. The van der Waals surface area contributed by atoms with Crippen LogP contribution in [0.2, 0.25) is 0 Å². The van der Waals surface area contributed by atoms with Crippen molar-refractivity contribution in [2.45, 2.75) is 57.6 Å². The number of rotatable bonds is 11. The van der Waals surface area contributed by atoms with Crippen LogP contribution in [0.5, 0.6) is 5.75 Å². The Bertz CT molecular complexity index is 1530. The van der Waals surface area contributed by atoms with Gasteiger partial charge in [0, 0.05) is 44.6 Å². The van der Waals surface area contributed by atoms with E-state index in [1.807, 2.05) is 23.6 Å². The van der Waals surface area contributed by atoms with E-state index in [4.69, 9.17) is 29.0 Å². The number of carbonyl (C=O) groups is 2. The molecule has 0 amide bonds. The minimum absolute atomic E-state index is 0.0701. The lowest BCUT2D eigenvalue weighted by atomic mass is 10.2. The molecule has 2 heterocycles. The van der Waals surface area contributed by atoms with Crippen molar-refractivity contribution in [3.8, 4) is 5.75 Å². The van der Waals surface area contributed by atoms with Gasteiger partial charge in [0.15, 0.2) is 5.82 Å². The van der Waals surface area contributed by atoms with E-state index >= 15 is 0 Å². The molecular formula is C26H29N5O6S2. The minimum atomic E-state index is -0.994. The summed E-state index contributed by atoms with van der Waals surface area (Å²) in [5.74, 6) is -1.47. The summed E-state index contributed by atoms with van der Waals surface area (Å²) in [6, 6.07) is 3.17. The zero-order valence-electron chi connectivity index (χ0n) is 21.5. The topological polar surface area (TPSA) is 133 Å². The molecule has 0 saturated carbocycles. The van der Waals surface area contributed by atoms with Crippen molar-refractivity contribution in [1.82, 2.24) is 9.13 Å². The summed E-state index contributed by atoms with van der Waals surface area (Å²) in [6.45, 7) is 12.5. The van der Waals surface area contributed by atoms with Crippen molar-refractivity contribution in [1.29, 1.82) is 0 Å². The number of hydrogen-bond donors (Lipinski definition) is 4. The Morgan fingerprint density at radius 3 is 2.10 bits per heavy atom. The van der Waals surface area contributed by atoms with Crippen LogP contribution in [0.4, 0.5) is 17.1 Å². The monoisotopic (exact) mass is 571 g/mol. The SMILES string of the molecule is [C-]#[N+]c1cc2c(cc1O)N(CC)C(=C=Cc1c(S)n(CCCC(=O)O)c(=O)n(CCCC(=O)O)c1=S)N2CC. The van der Waals surface area contributed by atoms with Gasteiger partial charge in [0.1, 0.15) is 10.4 Å². The molecule has 0 bridgehead atoms. The van der Waals surface area contributed by atoms with E-state index in [0.29, 0.717) is 30.2 Å². The zero-order chi connectivity index (χ0) is 28.9. The van der Waals surface area contributed by atoms with Crippen molar-refractivity contribution in [2.75, 3.05) is 22.9 Å². The number of carboxylic acids is 2. The first-order valence-electron chi connectivity index (χ1n) is 12.3. The van der Waals surface area contributed by atoms with Gasteiger partial charge in [-0.3, -0.25) is 18.7 Å². The lowest BCUT2D eigenvalue weighted by molar-refractivity contribution is -0.138. The number of hydrogen-bond acceptors (Lipinski definition) is 8. The number of nitrogens with zero attached hydrogens (tertiary/aromatic N) is 5. The Morgan fingerprint density at radius 2 is 1.59 bits per heavy atom. The third kappa shape index (κ3) is 6.20. The van der Waals surface area contributed by atoms with Crippen LogP contribution in [0.25, 0.3) is 10.9 Å². The van der Waals surface area contributed by atoms with Gasteiger partial charge in [0.2, 0.25) is 5.69 Å². The summed E-state index contributed by atoms with van der Waals surface area (Å²) >= 11 is 10.2. The van der Waals surface area contributed by atoms with Gasteiger partial charge in [0.25, 0.3) is 0 Å². The van der Waals surface area contributed by atoms with Gasteiger partial charge in [-0.15, -0.1) is 12.6 Å². The van der Waals surface area contributed by atoms with Gasteiger partial charge in [-0.1, -0.05) is 17.9 Å². The number of aromatic nitrogens is 2. The maximum Gasteiger partial charge on any atom is 0.330 e. The highest BCUT2D eigenvalue weighted by Crippen LogP contribution is 2.46. The summed E-state index contributed by atoms with van der Waals surface area (Å²) in [4.78, 5) is 42.5. The Balaban J connectivity index is 2.19. The number of phenolic OH excluding ortho intramolecular Hbond substituents is 1. The second-order valence-electron chi connectivity index (χ2n) is 8.67. The van der Waals surface area contributed by atoms with Gasteiger partial charge in [0.05, 0.1) is 23.0 Å². The predicted octanol–water partition coefficient (Wildman–Crippen LogP) is 4.47. The largest absolute Gasteiger partial charge is 0.519 e. The first-order valence-corrected chi connectivity index (χ1v) is 13.2. The summed E-state index contributed by atoms with van der Waals surface area (Å²) < 4.78 is 2.79. The molecule has 0 fully saturated rings. The first-order chi connectivity index (χ1) is 18.5. The molecule has 0 saturated heterocycles. The maximum atomic E-state index is 13.2. The molecule has 3 N–H and O–H groups in total. The quantitative estimate of drug-likeness (QED) is 0.101. The third-order valence-corrected chi connectivity index (χ3v) is 7.16. The number of phenols is 1. The Morgan fingerprint density at radius 1 is 1.05 bits per heavy atom. The molecule has 1 aliphatic rings. The van der Waals surface area contributed by atoms with E-state index in [-0.39, 0.29) is 59.9 Å². The van der Waals surface area contributed by atoms with Crippen LogP contribution in [0.15, 0.2) is 33.5 Å². The Hall–Kier alpha value is -3.98. The number of fused-ring (bicyclic) bond motifs is 1. The average Bonchev–Trinajstić information content (AvgIpc) is 3.18. The van der Waals surface area contributed by atoms with Crippen molar-refractivity contribution >= 4 is 59.9 Å². The lowest BCUT2D eigenvalue weighted by Gasteiger charge is -2.21. The molecule has 0 atom stereocenters. The smallest absolute Gasteiger partial charge is 0.330 e. The number of aliphatic carboxylic acids is 2. The van der Waals surface area contributed by atoms with Crippen LogP contribution in [0.3, 0.4) is 0 Å². The highest BCUT2D eigenvalue weighted by Gasteiger charge is 2.31. The molecular weight excluding hydrogens is 542 g/mol. The Kier molecular flexibility index (Phi) is 9.64. The molecule has 1 aromatic carbocycles. The molecule has 0 unspecified atom stereocenters. The number of aromatic hydroxyl groups is 1. The third-order valence-electron chi connectivity index (χ3n) is 6.24. The minimum Gasteiger partial charge on any atom is -0.519 e. The molecule has 11 nitrogen and oxygen atoms in total. The van der Waals surface area contributed by atoms with E-state index in [9.17, 15) is 19.5 Å². The van der Waals surface area contributed by atoms with E-state index in [2.05, 4.69) is 23.2 Å². The lowest BCUT2D eigenvalue weighted by Crippen LogP contribution is -2.33. The average molecular weight is 572 g/mol. The van der Waals surface area contributed by atoms with Crippen LogP contribution in [-0.4, -0.2) is 49.5 Å². The second kappa shape index (κ2) is 12.7. The molecule has 39 heavy (non-hydrogen) atoms. The van der Waals surface area contributed by atoms with Gasteiger partial charge in [-0.2, -0.15) is 0 Å². The summed E-state index contributed by atoms with van der Waals surface area (Å²) in [7, 11) is 0. The van der Waals surface area contributed by atoms with Crippen molar-refractivity contribution in [2.24, 2.45) is 0 Å². The van der Waals surface area contributed by atoms with Crippen LogP contribution in [-0.2, 0) is 22.7 Å². The van der Waals surface area contributed by atoms with Crippen LogP contribution in [0, 0.1) is 11.2 Å². The first kappa shape index (κ1) is 29.6. The standard InChI is InChI=1S/C26H29N5O6S2/c1-4-28-18-14-17(27-3)20(32)15-19(18)29(5-2)21(28)11-10-16-24(38)30(12-6-8-22(33)34)26(37)31(25(16)39)13-7-9-23(35)36/h10,14-15,32,38H,4-9,12-13H2,1-2H3,(H,33,34)(H,35,36). The maximum absolute atomic E-state index is 13.2. The van der Waals surface area contributed by atoms with Gasteiger partial charge in [-0.05, 0) is 44.9 Å². The molecule has 206 valence electrons. The van der Waals surface area contributed by atoms with Gasteiger partial charge >= 0.3 is 17.6 Å². The second-order valence-corrected chi connectivity index (χ2v) is 9.48. The number of benzene rings is 1. The molecule has 0 spiro atoms. The normalized spacial score (nSPS) is 12.2. The highest BCUT2D eigenvalue weighted by atomic mass is 32.1. The fraction of sp³-hybridized carbons (Fsp3) is 0.385. The van der Waals surface area contributed by atoms with Crippen LogP contribution < -0.4 is 15.5 Å². The van der Waals surface area contributed by atoms with Crippen LogP contribution in [0.1, 0.15) is 45.1 Å². The molecule has 1 aromatic heterocycles. The highest BCUT2D eigenvalue weighted by molar-refractivity contribution is 7.80. The van der Waals surface area contributed by atoms with Crippen molar-refractivity contribution < 1.29 is 24.9 Å². The predicted molar refractivity (Wildman–Crippen MR) is 152 cm³/mol. The summed E-state index contributed by atoms with van der Waals surface area (Å²) in [5.41, 5.74) is 4.76. The number of thiol groups is 1. The van der Waals surface area contributed by atoms with E-state index in [0.717, 1.165) is 5.69 Å². The zero-order valence-corrected chi connectivity index (χ0v) is 23.3. The fourth-order valence-corrected chi connectivity index (χ4v) is 5.15.